The molecule has 144 valence electrons. The lowest BCUT2D eigenvalue weighted by atomic mass is 9.96. The number of para-hydroxylation sites is 2. The van der Waals surface area contributed by atoms with E-state index in [1.54, 1.807) is 12.1 Å². The molecule has 0 bridgehead atoms. The molecule has 1 unspecified atom stereocenters. The third kappa shape index (κ3) is 4.66. The number of hydrogen-bond donors (Lipinski definition) is 0. The number of halogens is 1. The van der Waals surface area contributed by atoms with Crippen molar-refractivity contribution in [2.45, 2.75) is 19.3 Å². The van der Waals surface area contributed by atoms with Gasteiger partial charge in [0.1, 0.15) is 5.82 Å². The summed E-state index contributed by atoms with van der Waals surface area (Å²) in [7, 11) is 4.14. The zero-order valence-corrected chi connectivity index (χ0v) is 16.4. The van der Waals surface area contributed by atoms with E-state index in [2.05, 4.69) is 30.0 Å². The predicted octanol–water partition coefficient (Wildman–Crippen LogP) is 3.73. The number of likely N-dealkylation sites (N-methyl/N-ethyl adjacent to an activating group) is 1. The summed E-state index contributed by atoms with van der Waals surface area (Å²) in [4.78, 5) is 19.4. The molecule has 0 aromatic heterocycles. The lowest BCUT2D eigenvalue weighted by Gasteiger charge is -2.38. The molecule has 3 rings (SSSR count). The standard InChI is InChI=1S/C22H28FN3O/c1-17(18-8-10-19(23)11-9-18)16-22(27)26-15-14-25(13-12-24(2)3)20-6-4-5-7-21(20)26/h4-11,17H,12-16H2,1-3H3. The zero-order valence-electron chi connectivity index (χ0n) is 16.4. The van der Waals surface area contributed by atoms with Crippen LogP contribution in [0.1, 0.15) is 24.8 Å². The number of anilines is 2. The molecule has 4 nitrogen and oxygen atoms in total. The minimum Gasteiger partial charge on any atom is -0.367 e. The van der Waals surface area contributed by atoms with Crippen molar-refractivity contribution in [2.24, 2.45) is 0 Å². The Labute approximate surface area is 161 Å². The van der Waals surface area contributed by atoms with Crippen LogP contribution in [0.15, 0.2) is 48.5 Å². The van der Waals surface area contributed by atoms with Gasteiger partial charge in [0.15, 0.2) is 0 Å². The first-order valence-electron chi connectivity index (χ1n) is 9.50. The molecule has 0 N–H and O–H groups in total. The molecule has 1 aliphatic rings. The van der Waals surface area contributed by atoms with Crippen LogP contribution in [0.5, 0.6) is 0 Å². The van der Waals surface area contributed by atoms with Gasteiger partial charge in [-0.05, 0) is 49.8 Å². The van der Waals surface area contributed by atoms with E-state index >= 15 is 0 Å². The van der Waals surface area contributed by atoms with Crippen LogP contribution >= 0.6 is 0 Å². The number of carbonyl (C=O) groups is 1. The average molecular weight is 369 g/mol. The predicted molar refractivity (Wildman–Crippen MR) is 109 cm³/mol. The smallest absolute Gasteiger partial charge is 0.227 e. The molecule has 0 fully saturated rings. The molecule has 5 heteroatoms. The second-order valence-corrected chi connectivity index (χ2v) is 7.48. The molecular weight excluding hydrogens is 341 g/mol. The highest BCUT2D eigenvalue weighted by molar-refractivity contribution is 5.98. The maximum Gasteiger partial charge on any atom is 0.227 e. The van der Waals surface area contributed by atoms with Gasteiger partial charge in [-0.25, -0.2) is 4.39 Å². The molecule has 1 atom stereocenters. The summed E-state index contributed by atoms with van der Waals surface area (Å²) in [6.45, 7) is 5.47. The first-order valence-corrected chi connectivity index (χ1v) is 9.50. The van der Waals surface area contributed by atoms with Crippen LogP contribution in [-0.4, -0.2) is 51.1 Å². The fourth-order valence-electron chi connectivity index (χ4n) is 3.51. The third-order valence-corrected chi connectivity index (χ3v) is 5.14. The van der Waals surface area contributed by atoms with Gasteiger partial charge in [-0.3, -0.25) is 4.79 Å². The highest BCUT2D eigenvalue weighted by Crippen LogP contribution is 2.34. The fourth-order valence-corrected chi connectivity index (χ4v) is 3.51. The molecule has 0 radical (unpaired) electrons. The van der Waals surface area contributed by atoms with Crippen LogP contribution in [0.3, 0.4) is 0 Å². The van der Waals surface area contributed by atoms with E-state index in [0.29, 0.717) is 13.0 Å². The highest BCUT2D eigenvalue weighted by Gasteiger charge is 2.27. The van der Waals surface area contributed by atoms with Crippen molar-refractivity contribution in [2.75, 3.05) is 50.1 Å². The Balaban J connectivity index is 1.73. The monoisotopic (exact) mass is 369 g/mol. The minimum atomic E-state index is -0.250. The molecule has 0 saturated heterocycles. The number of amides is 1. The summed E-state index contributed by atoms with van der Waals surface area (Å²) in [6, 6.07) is 14.6. The fraction of sp³-hybridized carbons (Fsp3) is 0.409. The van der Waals surface area contributed by atoms with Gasteiger partial charge in [0.2, 0.25) is 5.91 Å². The van der Waals surface area contributed by atoms with Gasteiger partial charge in [0.25, 0.3) is 0 Å². The van der Waals surface area contributed by atoms with Crippen LogP contribution in [0.2, 0.25) is 0 Å². The van der Waals surface area contributed by atoms with Crippen molar-refractivity contribution in [3.05, 3.63) is 59.9 Å². The van der Waals surface area contributed by atoms with Crippen molar-refractivity contribution in [1.82, 2.24) is 4.90 Å². The van der Waals surface area contributed by atoms with Gasteiger partial charge in [-0.2, -0.15) is 0 Å². The molecular formula is C22H28FN3O. The molecule has 0 aliphatic carbocycles. The topological polar surface area (TPSA) is 26.8 Å². The van der Waals surface area contributed by atoms with E-state index in [4.69, 9.17) is 0 Å². The summed E-state index contributed by atoms with van der Waals surface area (Å²) < 4.78 is 13.1. The summed E-state index contributed by atoms with van der Waals surface area (Å²) in [5, 5.41) is 0. The number of nitrogens with zero attached hydrogens (tertiary/aromatic N) is 3. The van der Waals surface area contributed by atoms with Crippen LogP contribution in [-0.2, 0) is 4.79 Å². The third-order valence-electron chi connectivity index (χ3n) is 5.14. The SMILES string of the molecule is CC(CC(=O)N1CCN(CCN(C)C)c2ccccc21)c1ccc(F)cc1. The van der Waals surface area contributed by atoms with Crippen molar-refractivity contribution in [3.63, 3.8) is 0 Å². The first kappa shape index (κ1) is 19.4. The van der Waals surface area contributed by atoms with Crippen molar-refractivity contribution < 1.29 is 9.18 Å². The summed E-state index contributed by atoms with van der Waals surface area (Å²) in [6.07, 6.45) is 0.414. The number of rotatable bonds is 6. The van der Waals surface area contributed by atoms with Gasteiger partial charge in [-0.1, -0.05) is 31.2 Å². The quantitative estimate of drug-likeness (QED) is 0.776. The zero-order chi connectivity index (χ0) is 19.4. The molecule has 2 aromatic rings. The summed E-state index contributed by atoms with van der Waals surface area (Å²) in [5.41, 5.74) is 3.09. The molecule has 27 heavy (non-hydrogen) atoms. The maximum absolute atomic E-state index is 13.1. The normalized spacial score (nSPS) is 15.0. The van der Waals surface area contributed by atoms with E-state index in [-0.39, 0.29) is 17.6 Å². The number of hydrogen-bond acceptors (Lipinski definition) is 3. The molecule has 0 spiro atoms. The van der Waals surface area contributed by atoms with Gasteiger partial charge >= 0.3 is 0 Å². The van der Waals surface area contributed by atoms with Crippen LogP contribution < -0.4 is 9.80 Å². The Hall–Kier alpha value is -2.40. The number of carbonyl (C=O) groups excluding carboxylic acids is 1. The van der Waals surface area contributed by atoms with Crippen LogP contribution in [0.25, 0.3) is 0 Å². The van der Waals surface area contributed by atoms with Gasteiger partial charge in [0.05, 0.1) is 11.4 Å². The lowest BCUT2D eigenvalue weighted by molar-refractivity contribution is -0.118. The Morgan fingerprint density at radius 2 is 1.74 bits per heavy atom. The summed E-state index contributed by atoms with van der Waals surface area (Å²) in [5.74, 6) is -0.0800. The molecule has 1 heterocycles. The average Bonchev–Trinajstić information content (AvgIpc) is 2.66. The minimum absolute atomic E-state index is 0.0528. The summed E-state index contributed by atoms with van der Waals surface area (Å²) >= 11 is 0. The van der Waals surface area contributed by atoms with E-state index in [9.17, 15) is 9.18 Å². The van der Waals surface area contributed by atoms with E-state index < -0.39 is 0 Å². The maximum atomic E-state index is 13.1. The molecule has 1 amide bonds. The van der Waals surface area contributed by atoms with Gasteiger partial charge in [-0.15, -0.1) is 0 Å². The number of fused-ring (bicyclic) bond motifs is 1. The highest BCUT2D eigenvalue weighted by atomic mass is 19.1. The van der Waals surface area contributed by atoms with Gasteiger partial charge in [0, 0.05) is 32.6 Å². The molecule has 1 aliphatic heterocycles. The second kappa shape index (κ2) is 8.53. The number of benzene rings is 2. The van der Waals surface area contributed by atoms with Crippen molar-refractivity contribution in [3.8, 4) is 0 Å². The van der Waals surface area contributed by atoms with E-state index in [1.807, 2.05) is 30.0 Å². The Morgan fingerprint density at radius 3 is 2.41 bits per heavy atom. The van der Waals surface area contributed by atoms with Crippen LogP contribution in [0.4, 0.5) is 15.8 Å². The Bertz CT molecular complexity index is 775. The lowest BCUT2D eigenvalue weighted by Crippen LogP contribution is -2.46. The Morgan fingerprint density at radius 1 is 1.07 bits per heavy atom. The second-order valence-electron chi connectivity index (χ2n) is 7.48. The van der Waals surface area contributed by atoms with Gasteiger partial charge < -0.3 is 14.7 Å². The largest absolute Gasteiger partial charge is 0.367 e. The van der Waals surface area contributed by atoms with E-state index in [0.717, 1.165) is 36.6 Å². The van der Waals surface area contributed by atoms with E-state index in [1.165, 1.54) is 12.1 Å². The first-order chi connectivity index (χ1) is 13.0. The van der Waals surface area contributed by atoms with Crippen LogP contribution in [0, 0.1) is 5.82 Å². The molecule has 2 aromatic carbocycles. The Kier molecular flexibility index (Phi) is 6.11. The molecule has 0 saturated carbocycles. The van der Waals surface area contributed by atoms with Crippen molar-refractivity contribution >= 4 is 17.3 Å². The van der Waals surface area contributed by atoms with Crippen molar-refractivity contribution in [1.29, 1.82) is 0 Å².